The molecule has 174 valence electrons. The summed E-state index contributed by atoms with van der Waals surface area (Å²) in [6, 6.07) is 8.71. The fraction of sp³-hybridized carbons (Fsp3) is 0.364. The molecule has 0 atom stereocenters. The van der Waals surface area contributed by atoms with Crippen LogP contribution in [0.1, 0.15) is 24.8 Å². The maximum atomic E-state index is 13.1. The lowest BCUT2D eigenvalue weighted by Crippen LogP contribution is -2.36. The fourth-order valence-electron chi connectivity index (χ4n) is 3.71. The molecular formula is C22H26N6O3S2. The molecule has 0 radical (unpaired) electrons. The van der Waals surface area contributed by atoms with E-state index in [-0.39, 0.29) is 16.6 Å². The number of rotatable bonds is 7. The van der Waals surface area contributed by atoms with E-state index in [4.69, 9.17) is 0 Å². The predicted octanol–water partition coefficient (Wildman–Crippen LogP) is 3.09. The lowest BCUT2D eigenvalue weighted by atomic mass is 10.2. The number of amides is 1. The highest BCUT2D eigenvalue weighted by Crippen LogP contribution is 2.27. The molecule has 2 aromatic heterocycles. The van der Waals surface area contributed by atoms with Crippen molar-refractivity contribution < 1.29 is 13.2 Å². The molecule has 0 aliphatic carbocycles. The number of pyridine rings is 1. The van der Waals surface area contributed by atoms with Crippen LogP contribution in [0, 0.1) is 6.92 Å². The van der Waals surface area contributed by atoms with Gasteiger partial charge >= 0.3 is 0 Å². The van der Waals surface area contributed by atoms with Gasteiger partial charge in [0.15, 0.2) is 11.0 Å². The Morgan fingerprint density at radius 2 is 1.94 bits per heavy atom. The summed E-state index contributed by atoms with van der Waals surface area (Å²) in [5, 5.41) is 11.8. The Hall–Kier alpha value is -2.76. The highest BCUT2D eigenvalue weighted by Gasteiger charge is 2.27. The van der Waals surface area contributed by atoms with E-state index in [2.05, 4.69) is 20.5 Å². The maximum absolute atomic E-state index is 13.1. The summed E-state index contributed by atoms with van der Waals surface area (Å²) in [7, 11) is -1.75. The number of hydrogen-bond acceptors (Lipinski definition) is 7. The molecule has 9 nitrogen and oxygen atoms in total. The summed E-state index contributed by atoms with van der Waals surface area (Å²) in [4.78, 5) is 16.9. The van der Waals surface area contributed by atoms with Crippen molar-refractivity contribution in [3.8, 4) is 11.4 Å². The first-order valence-corrected chi connectivity index (χ1v) is 13.1. The van der Waals surface area contributed by atoms with Crippen LogP contribution in [0.15, 0.2) is 52.8 Å². The molecule has 1 saturated heterocycles. The van der Waals surface area contributed by atoms with Crippen molar-refractivity contribution >= 4 is 33.4 Å². The lowest BCUT2D eigenvalue weighted by Gasteiger charge is -2.26. The molecule has 1 fully saturated rings. The first-order chi connectivity index (χ1) is 15.9. The van der Waals surface area contributed by atoms with Crippen molar-refractivity contribution in [2.45, 2.75) is 36.2 Å². The van der Waals surface area contributed by atoms with Gasteiger partial charge in [0.05, 0.1) is 10.6 Å². The zero-order valence-corrected chi connectivity index (χ0v) is 20.2. The van der Waals surface area contributed by atoms with Gasteiger partial charge in [0.2, 0.25) is 15.9 Å². The van der Waals surface area contributed by atoms with Gasteiger partial charge in [-0.05, 0) is 49.6 Å². The summed E-state index contributed by atoms with van der Waals surface area (Å²) in [6.07, 6.45) is 6.19. The van der Waals surface area contributed by atoms with Crippen LogP contribution in [0.5, 0.6) is 0 Å². The van der Waals surface area contributed by atoms with E-state index in [9.17, 15) is 13.2 Å². The van der Waals surface area contributed by atoms with Crippen LogP contribution in [0.25, 0.3) is 11.4 Å². The quantitative estimate of drug-likeness (QED) is 0.511. The summed E-state index contributed by atoms with van der Waals surface area (Å²) in [6.45, 7) is 2.84. The van der Waals surface area contributed by atoms with Crippen LogP contribution < -0.4 is 5.32 Å². The number of anilines is 1. The van der Waals surface area contributed by atoms with E-state index >= 15 is 0 Å². The van der Waals surface area contributed by atoms with Crippen molar-refractivity contribution in [3.63, 3.8) is 0 Å². The van der Waals surface area contributed by atoms with E-state index in [0.717, 1.165) is 24.8 Å². The van der Waals surface area contributed by atoms with E-state index in [1.165, 1.54) is 16.1 Å². The highest BCUT2D eigenvalue weighted by atomic mass is 32.2. The number of piperidine rings is 1. The van der Waals surface area contributed by atoms with Crippen molar-refractivity contribution in [1.82, 2.24) is 24.1 Å². The van der Waals surface area contributed by atoms with E-state index in [0.29, 0.717) is 35.3 Å². The van der Waals surface area contributed by atoms with Crippen LogP contribution in [0.3, 0.4) is 0 Å². The average Bonchev–Trinajstić information content (AvgIpc) is 3.20. The first-order valence-electron chi connectivity index (χ1n) is 10.7. The second kappa shape index (κ2) is 10.0. The smallest absolute Gasteiger partial charge is 0.243 e. The highest BCUT2D eigenvalue weighted by molar-refractivity contribution is 7.99. The van der Waals surface area contributed by atoms with Crippen LogP contribution in [-0.4, -0.2) is 57.2 Å². The maximum Gasteiger partial charge on any atom is 0.243 e. The topological polar surface area (TPSA) is 110 Å². The SMILES string of the molecule is Cc1ccc(NC(=O)CSc2nnc(-c3cccnc3)n2C)cc1S(=O)(=O)N1CCCCC1. The molecule has 1 aromatic carbocycles. The van der Waals surface area contributed by atoms with E-state index in [1.54, 1.807) is 37.5 Å². The van der Waals surface area contributed by atoms with E-state index in [1.807, 2.05) is 23.7 Å². The van der Waals surface area contributed by atoms with Crippen LogP contribution in [0.4, 0.5) is 5.69 Å². The lowest BCUT2D eigenvalue weighted by molar-refractivity contribution is -0.113. The van der Waals surface area contributed by atoms with Crippen molar-refractivity contribution in [2.24, 2.45) is 7.05 Å². The number of nitrogens with one attached hydrogen (secondary N) is 1. The van der Waals surface area contributed by atoms with Crippen molar-refractivity contribution in [2.75, 3.05) is 24.2 Å². The Kier molecular flexibility index (Phi) is 7.11. The van der Waals surface area contributed by atoms with Gasteiger partial charge in [-0.1, -0.05) is 24.2 Å². The normalized spacial score (nSPS) is 14.8. The number of thioether (sulfide) groups is 1. The summed E-state index contributed by atoms with van der Waals surface area (Å²) >= 11 is 1.26. The first kappa shape index (κ1) is 23.4. The third-order valence-corrected chi connectivity index (χ3v) is 8.55. The Bertz CT molecular complexity index is 1240. The summed E-state index contributed by atoms with van der Waals surface area (Å²) in [5.74, 6) is 0.523. The number of aryl methyl sites for hydroxylation is 1. The molecule has 1 amide bonds. The van der Waals surface area contributed by atoms with Gasteiger partial charge in [0.25, 0.3) is 0 Å². The number of nitrogens with zero attached hydrogens (tertiary/aromatic N) is 5. The average molecular weight is 487 g/mol. The third-order valence-electron chi connectivity index (χ3n) is 5.49. The largest absolute Gasteiger partial charge is 0.325 e. The fourth-order valence-corrected chi connectivity index (χ4v) is 6.19. The number of sulfonamides is 1. The zero-order chi connectivity index (χ0) is 23.4. The molecule has 3 heterocycles. The van der Waals surface area contributed by atoms with Gasteiger partial charge in [-0.2, -0.15) is 4.31 Å². The molecule has 1 aliphatic heterocycles. The van der Waals surface area contributed by atoms with Crippen molar-refractivity contribution in [3.05, 3.63) is 48.3 Å². The molecule has 1 aliphatic rings. The Morgan fingerprint density at radius 3 is 2.67 bits per heavy atom. The molecule has 3 aromatic rings. The minimum absolute atomic E-state index is 0.112. The van der Waals surface area contributed by atoms with E-state index < -0.39 is 10.0 Å². The zero-order valence-electron chi connectivity index (χ0n) is 18.6. The van der Waals surface area contributed by atoms with Crippen LogP contribution in [0.2, 0.25) is 0 Å². The van der Waals surface area contributed by atoms with Crippen LogP contribution >= 0.6 is 11.8 Å². The summed E-state index contributed by atoms with van der Waals surface area (Å²) in [5.41, 5.74) is 1.96. The standard InChI is InChI=1S/C22H26N6O3S2/c1-16-8-9-18(13-19(16)33(30,31)28-11-4-3-5-12-28)24-20(29)15-32-22-26-25-21(27(22)2)17-7-6-10-23-14-17/h6-10,13-14H,3-5,11-12,15H2,1-2H3,(H,24,29). The van der Waals surface area contributed by atoms with Gasteiger partial charge in [0, 0.05) is 43.8 Å². The third kappa shape index (κ3) is 5.26. The number of carbonyl (C=O) groups is 1. The van der Waals surface area contributed by atoms with Gasteiger partial charge in [-0.25, -0.2) is 8.42 Å². The summed E-state index contributed by atoms with van der Waals surface area (Å²) < 4.78 is 29.5. The number of hydrogen-bond donors (Lipinski definition) is 1. The minimum atomic E-state index is -3.59. The minimum Gasteiger partial charge on any atom is -0.325 e. The molecule has 0 unspecified atom stereocenters. The second-order valence-electron chi connectivity index (χ2n) is 7.89. The molecule has 11 heteroatoms. The van der Waals surface area contributed by atoms with Gasteiger partial charge < -0.3 is 9.88 Å². The monoisotopic (exact) mass is 486 g/mol. The van der Waals surface area contributed by atoms with Crippen LogP contribution in [-0.2, 0) is 21.9 Å². The Morgan fingerprint density at radius 1 is 1.15 bits per heavy atom. The predicted molar refractivity (Wildman–Crippen MR) is 127 cm³/mol. The van der Waals surface area contributed by atoms with Gasteiger partial charge in [-0.15, -0.1) is 10.2 Å². The molecule has 0 spiro atoms. The van der Waals surface area contributed by atoms with Gasteiger partial charge in [-0.3, -0.25) is 9.78 Å². The Balaban J connectivity index is 1.42. The molecule has 33 heavy (non-hydrogen) atoms. The molecule has 0 bridgehead atoms. The molecule has 0 saturated carbocycles. The van der Waals surface area contributed by atoms with Crippen molar-refractivity contribution in [1.29, 1.82) is 0 Å². The number of aromatic nitrogens is 4. The Labute approximate surface area is 197 Å². The molecule has 1 N–H and O–H groups in total. The van der Waals surface area contributed by atoms with Gasteiger partial charge in [0.1, 0.15) is 0 Å². The number of benzene rings is 1. The molecular weight excluding hydrogens is 460 g/mol. The second-order valence-corrected chi connectivity index (χ2v) is 10.7. The molecule has 4 rings (SSSR count). The number of carbonyl (C=O) groups excluding carboxylic acids is 1.